The van der Waals surface area contributed by atoms with Crippen LogP contribution in [0.2, 0.25) is 0 Å². The van der Waals surface area contributed by atoms with Gasteiger partial charge in [-0.15, -0.1) is 0 Å². The Morgan fingerprint density at radius 1 is 1.20 bits per heavy atom. The lowest BCUT2D eigenvalue weighted by atomic mass is 10.2. The van der Waals surface area contributed by atoms with Crippen molar-refractivity contribution in [3.8, 4) is 5.75 Å². The average molecular weight is 432 g/mol. The highest BCUT2D eigenvalue weighted by molar-refractivity contribution is 7.92. The van der Waals surface area contributed by atoms with E-state index in [4.69, 9.17) is 9.47 Å². The number of carbonyl (C=O) groups is 2. The molecule has 0 saturated heterocycles. The zero-order valence-electron chi connectivity index (χ0n) is 17.0. The average Bonchev–Trinajstić information content (AvgIpc) is 2.88. The lowest BCUT2D eigenvalue weighted by Gasteiger charge is -2.21. The maximum absolute atomic E-state index is 12.8. The predicted molar refractivity (Wildman–Crippen MR) is 113 cm³/mol. The van der Waals surface area contributed by atoms with Crippen molar-refractivity contribution < 1.29 is 27.5 Å². The molecule has 1 amide bonds. The minimum absolute atomic E-state index is 0.120. The number of rotatable bonds is 5. The van der Waals surface area contributed by atoms with E-state index in [1.54, 1.807) is 49.4 Å². The molecule has 0 fully saturated rings. The Bertz CT molecular complexity index is 1050. The van der Waals surface area contributed by atoms with Crippen molar-refractivity contribution >= 4 is 33.3 Å². The van der Waals surface area contributed by atoms with Crippen LogP contribution in [0.25, 0.3) is 0 Å². The summed E-state index contributed by atoms with van der Waals surface area (Å²) in [5, 5.41) is 2.75. The lowest BCUT2D eigenvalue weighted by Crippen LogP contribution is -2.36. The van der Waals surface area contributed by atoms with Gasteiger partial charge in [0.1, 0.15) is 5.75 Å². The first-order chi connectivity index (χ1) is 14.2. The zero-order chi connectivity index (χ0) is 21.9. The van der Waals surface area contributed by atoms with Crippen molar-refractivity contribution in [2.45, 2.75) is 26.4 Å². The summed E-state index contributed by atoms with van der Waals surface area (Å²) in [6.45, 7) is 3.98. The SMILES string of the molecule is CCOC(=O)c1ccc(NC(=O)C2CCN(S(C)(=O)=O)c3cc(C)ccc3O2)cc1. The Morgan fingerprint density at radius 2 is 1.90 bits per heavy atom. The summed E-state index contributed by atoms with van der Waals surface area (Å²) in [4.78, 5) is 24.5. The van der Waals surface area contributed by atoms with E-state index < -0.39 is 28.0 Å². The molecule has 9 heteroatoms. The summed E-state index contributed by atoms with van der Waals surface area (Å²) < 4.78 is 36.6. The van der Waals surface area contributed by atoms with Crippen molar-refractivity contribution in [2.75, 3.05) is 29.0 Å². The molecule has 1 heterocycles. The summed E-state index contributed by atoms with van der Waals surface area (Å²) in [7, 11) is -3.53. The van der Waals surface area contributed by atoms with Gasteiger partial charge < -0.3 is 14.8 Å². The Labute approximate surface area is 175 Å². The van der Waals surface area contributed by atoms with Gasteiger partial charge in [0.05, 0.1) is 24.1 Å². The molecule has 160 valence electrons. The number of amides is 1. The Hall–Kier alpha value is -3.07. The number of nitrogens with one attached hydrogen (secondary N) is 1. The van der Waals surface area contributed by atoms with Gasteiger partial charge in [-0.05, 0) is 55.8 Å². The molecule has 2 aromatic rings. The van der Waals surface area contributed by atoms with E-state index in [1.807, 2.05) is 6.92 Å². The summed E-state index contributed by atoms with van der Waals surface area (Å²) in [6, 6.07) is 11.5. The third-order valence-corrected chi connectivity index (χ3v) is 5.78. The number of esters is 1. The first-order valence-electron chi connectivity index (χ1n) is 9.52. The van der Waals surface area contributed by atoms with Gasteiger partial charge >= 0.3 is 5.97 Å². The first-order valence-corrected chi connectivity index (χ1v) is 11.4. The quantitative estimate of drug-likeness (QED) is 0.729. The van der Waals surface area contributed by atoms with Gasteiger partial charge in [0.15, 0.2) is 6.10 Å². The van der Waals surface area contributed by atoms with Crippen molar-refractivity contribution in [1.29, 1.82) is 0 Å². The van der Waals surface area contributed by atoms with Crippen LogP contribution in [0.5, 0.6) is 5.75 Å². The van der Waals surface area contributed by atoms with Crippen LogP contribution in [0.1, 0.15) is 29.3 Å². The van der Waals surface area contributed by atoms with Gasteiger partial charge in [-0.3, -0.25) is 9.10 Å². The topological polar surface area (TPSA) is 102 Å². The highest BCUT2D eigenvalue weighted by atomic mass is 32.2. The smallest absolute Gasteiger partial charge is 0.338 e. The minimum atomic E-state index is -3.53. The largest absolute Gasteiger partial charge is 0.478 e. The van der Waals surface area contributed by atoms with Gasteiger partial charge in [0.2, 0.25) is 10.0 Å². The minimum Gasteiger partial charge on any atom is -0.478 e. The molecule has 30 heavy (non-hydrogen) atoms. The number of carbonyl (C=O) groups excluding carboxylic acids is 2. The fraction of sp³-hybridized carbons (Fsp3) is 0.333. The number of aryl methyl sites for hydroxylation is 1. The van der Waals surface area contributed by atoms with Gasteiger partial charge in [-0.1, -0.05) is 6.07 Å². The molecule has 0 bridgehead atoms. The van der Waals surface area contributed by atoms with Crippen LogP contribution in [0.4, 0.5) is 11.4 Å². The van der Waals surface area contributed by atoms with Gasteiger partial charge in [0.25, 0.3) is 5.91 Å². The fourth-order valence-electron chi connectivity index (χ4n) is 3.15. The molecule has 0 radical (unpaired) electrons. The third-order valence-electron chi connectivity index (χ3n) is 4.60. The summed E-state index contributed by atoms with van der Waals surface area (Å²) >= 11 is 0. The Morgan fingerprint density at radius 3 is 2.53 bits per heavy atom. The predicted octanol–water partition coefficient (Wildman–Crippen LogP) is 2.73. The summed E-state index contributed by atoms with van der Waals surface area (Å²) in [5.74, 6) is -0.502. The van der Waals surface area contributed by atoms with E-state index in [9.17, 15) is 18.0 Å². The first kappa shape index (κ1) is 21.6. The van der Waals surface area contributed by atoms with Crippen molar-refractivity contribution in [3.05, 3.63) is 53.6 Å². The molecule has 1 aliphatic heterocycles. The standard InChI is InChI=1S/C21H24N2O6S/c1-4-28-21(25)15-6-8-16(9-7-15)22-20(24)19-11-12-23(30(3,26)27)17-13-14(2)5-10-18(17)29-19/h5-10,13,19H,4,11-12H2,1-3H3,(H,22,24). The van der Waals surface area contributed by atoms with E-state index in [0.29, 0.717) is 22.7 Å². The lowest BCUT2D eigenvalue weighted by molar-refractivity contribution is -0.122. The highest BCUT2D eigenvalue weighted by Gasteiger charge is 2.31. The maximum atomic E-state index is 12.8. The van der Waals surface area contributed by atoms with Crippen LogP contribution in [-0.2, 0) is 19.6 Å². The van der Waals surface area contributed by atoms with E-state index in [1.165, 1.54) is 4.31 Å². The number of benzene rings is 2. The normalized spacial score (nSPS) is 16.1. The van der Waals surface area contributed by atoms with Crippen LogP contribution >= 0.6 is 0 Å². The number of sulfonamides is 1. The molecular formula is C21H24N2O6S. The number of hydrogen-bond acceptors (Lipinski definition) is 6. The van der Waals surface area contributed by atoms with Gasteiger partial charge in [-0.2, -0.15) is 0 Å². The van der Waals surface area contributed by atoms with Crippen LogP contribution in [0.15, 0.2) is 42.5 Å². The highest BCUT2D eigenvalue weighted by Crippen LogP contribution is 2.35. The molecule has 8 nitrogen and oxygen atoms in total. The third kappa shape index (κ3) is 4.91. The van der Waals surface area contributed by atoms with E-state index in [0.717, 1.165) is 11.8 Å². The van der Waals surface area contributed by atoms with E-state index >= 15 is 0 Å². The van der Waals surface area contributed by atoms with E-state index in [-0.39, 0.29) is 19.6 Å². The molecule has 1 atom stereocenters. The molecule has 0 aromatic heterocycles. The fourth-order valence-corrected chi connectivity index (χ4v) is 4.08. The monoisotopic (exact) mass is 432 g/mol. The molecule has 0 saturated carbocycles. The van der Waals surface area contributed by atoms with Gasteiger partial charge in [0, 0.05) is 18.7 Å². The summed E-state index contributed by atoms with van der Waals surface area (Å²) in [6.07, 6.45) is 0.445. The van der Waals surface area contributed by atoms with Crippen molar-refractivity contribution in [2.24, 2.45) is 0 Å². The molecule has 1 aliphatic rings. The van der Waals surface area contributed by atoms with Crippen LogP contribution in [0.3, 0.4) is 0 Å². The molecule has 2 aromatic carbocycles. The maximum Gasteiger partial charge on any atom is 0.338 e. The van der Waals surface area contributed by atoms with Crippen molar-refractivity contribution in [3.63, 3.8) is 0 Å². The van der Waals surface area contributed by atoms with Gasteiger partial charge in [-0.25, -0.2) is 13.2 Å². The number of ether oxygens (including phenoxy) is 2. The second kappa shape index (κ2) is 8.74. The molecule has 1 N–H and O–H groups in total. The van der Waals surface area contributed by atoms with Crippen LogP contribution in [0, 0.1) is 6.92 Å². The van der Waals surface area contributed by atoms with E-state index in [2.05, 4.69) is 5.32 Å². The Balaban J connectivity index is 1.77. The molecule has 3 rings (SSSR count). The number of fused-ring (bicyclic) bond motifs is 1. The van der Waals surface area contributed by atoms with Crippen LogP contribution < -0.4 is 14.4 Å². The summed E-state index contributed by atoms with van der Waals surface area (Å²) in [5.41, 5.74) is 2.18. The second-order valence-corrected chi connectivity index (χ2v) is 8.90. The molecule has 0 aliphatic carbocycles. The Kier molecular flexibility index (Phi) is 6.31. The molecule has 1 unspecified atom stereocenters. The second-order valence-electron chi connectivity index (χ2n) is 6.99. The number of anilines is 2. The zero-order valence-corrected chi connectivity index (χ0v) is 17.9. The van der Waals surface area contributed by atoms with Crippen LogP contribution in [-0.4, -0.2) is 45.8 Å². The number of nitrogens with zero attached hydrogens (tertiary/aromatic N) is 1. The molecule has 0 spiro atoms. The van der Waals surface area contributed by atoms with Crippen molar-refractivity contribution in [1.82, 2.24) is 0 Å². The molecular weight excluding hydrogens is 408 g/mol. The number of hydrogen-bond donors (Lipinski definition) is 1.